The Bertz CT molecular complexity index is 1100. The first-order valence-corrected chi connectivity index (χ1v) is 15.0. The molecule has 4 nitrogen and oxygen atoms in total. The van der Waals surface area contributed by atoms with Gasteiger partial charge in [0.05, 0.1) is 11.0 Å². The van der Waals surface area contributed by atoms with Gasteiger partial charge in [0.2, 0.25) is 5.91 Å². The van der Waals surface area contributed by atoms with Crippen molar-refractivity contribution in [2.75, 3.05) is 6.54 Å². The summed E-state index contributed by atoms with van der Waals surface area (Å²) in [5.41, 5.74) is 9.28. The molecule has 2 aromatic carbocycles. The molecule has 1 amide bonds. The molecule has 36 heavy (non-hydrogen) atoms. The van der Waals surface area contributed by atoms with Crippen LogP contribution in [0.2, 0.25) is 0 Å². The van der Waals surface area contributed by atoms with Gasteiger partial charge >= 0.3 is 0 Å². The van der Waals surface area contributed by atoms with Gasteiger partial charge in [-0.3, -0.25) is 4.79 Å². The average molecular weight is 502 g/mol. The van der Waals surface area contributed by atoms with Crippen LogP contribution in [-0.4, -0.2) is 34.4 Å². The fourth-order valence-electron chi connectivity index (χ4n) is 8.92. The van der Waals surface area contributed by atoms with E-state index in [9.17, 15) is 4.79 Å². The van der Waals surface area contributed by atoms with Gasteiger partial charge in [0, 0.05) is 24.4 Å². The van der Waals surface area contributed by atoms with Crippen molar-refractivity contribution in [1.29, 1.82) is 0 Å². The molecule has 1 spiro atoms. The number of hydrogen-bond acceptors (Lipinski definition) is 4. The molecular formula is C31H39N3OS. The zero-order valence-electron chi connectivity index (χ0n) is 21.2. The first-order valence-electron chi connectivity index (χ1n) is 14.1. The minimum Gasteiger partial charge on any atom is -0.353 e. The van der Waals surface area contributed by atoms with Crippen molar-refractivity contribution in [3.63, 3.8) is 0 Å². The summed E-state index contributed by atoms with van der Waals surface area (Å²) in [5.74, 6) is 2.61. The molecule has 6 aliphatic rings. The van der Waals surface area contributed by atoms with E-state index in [0.29, 0.717) is 35.4 Å². The third-order valence-corrected chi connectivity index (χ3v) is 11.8. The van der Waals surface area contributed by atoms with Crippen molar-refractivity contribution in [1.82, 2.24) is 9.62 Å². The van der Waals surface area contributed by atoms with Crippen molar-refractivity contribution >= 4 is 17.9 Å². The van der Waals surface area contributed by atoms with Gasteiger partial charge in [0.1, 0.15) is 0 Å². The van der Waals surface area contributed by atoms with Gasteiger partial charge in [-0.1, -0.05) is 72.6 Å². The zero-order valence-corrected chi connectivity index (χ0v) is 22.0. The Kier molecular flexibility index (Phi) is 5.57. The van der Waals surface area contributed by atoms with E-state index >= 15 is 0 Å². The van der Waals surface area contributed by atoms with Gasteiger partial charge in [-0.2, -0.15) is 0 Å². The van der Waals surface area contributed by atoms with Crippen LogP contribution in [0, 0.1) is 17.3 Å². The molecule has 3 unspecified atom stereocenters. The van der Waals surface area contributed by atoms with Crippen molar-refractivity contribution in [3.8, 4) is 0 Å². The summed E-state index contributed by atoms with van der Waals surface area (Å²) in [6.45, 7) is 1.20. The number of carbonyl (C=O) groups is 1. The first-order chi connectivity index (χ1) is 17.5. The number of amides is 1. The number of rotatable bonds is 6. The molecule has 1 aliphatic heterocycles. The van der Waals surface area contributed by atoms with E-state index in [0.717, 1.165) is 50.7 Å². The Morgan fingerprint density at radius 2 is 1.56 bits per heavy atom. The molecule has 8 rings (SSSR count). The molecule has 190 valence electrons. The van der Waals surface area contributed by atoms with Crippen LogP contribution in [0.3, 0.4) is 0 Å². The highest BCUT2D eigenvalue weighted by molar-refractivity contribution is 7.96. The zero-order chi connectivity index (χ0) is 24.4. The van der Waals surface area contributed by atoms with Gasteiger partial charge in [-0.05, 0) is 86.2 Å². The molecule has 5 heteroatoms. The van der Waals surface area contributed by atoms with Crippen LogP contribution in [0.15, 0.2) is 60.7 Å². The summed E-state index contributed by atoms with van der Waals surface area (Å²) in [6, 6.07) is 22.7. The number of carbonyl (C=O) groups excluding carboxylic acids is 1. The Morgan fingerprint density at radius 1 is 0.917 bits per heavy atom. The lowest BCUT2D eigenvalue weighted by Gasteiger charge is -2.65. The van der Waals surface area contributed by atoms with Crippen molar-refractivity contribution in [2.24, 2.45) is 23.0 Å². The summed E-state index contributed by atoms with van der Waals surface area (Å²) in [7, 11) is 0. The van der Waals surface area contributed by atoms with E-state index < -0.39 is 0 Å². The molecular weight excluding hydrogens is 462 g/mol. The first kappa shape index (κ1) is 23.3. The van der Waals surface area contributed by atoms with Gasteiger partial charge in [-0.15, -0.1) is 0 Å². The number of nitrogens with zero attached hydrogens (tertiary/aromatic N) is 1. The van der Waals surface area contributed by atoms with Crippen molar-refractivity contribution in [2.45, 2.75) is 86.6 Å². The summed E-state index contributed by atoms with van der Waals surface area (Å²) in [5, 5.41) is 3.56. The lowest BCUT2D eigenvalue weighted by Crippen LogP contribution is -2.66. The molecule has 0 aromatic heterocycles. The molecule has 6 fully saturated rings. The quantitative estimate of drug-likeness (QED) is 0.410. The molecule has 1 saturated heterocycles. The Hall–Kier alpha value is -1.82. The highest BCUT2D eigenvalue weighted by Gasteiger charge is 2.75. The van der Waals surface area contributed by atoms with Gasteiger partial charge < -0.3 is 11.1 Å². The van der Waals surface area contributed by atoms with Gasteiger partial charge in [0.15, 0.2) is 0 Å². The lowest BCUT2D eigenvalue weighted by molar-refractivity contribution is -0.155. The normalized spacial score (nSPS) is 42.4. The fraction of sp³-hybridized carbons (Fsp3) is 0.581. The third-order valence-electron chi connectivity index (χ3n) is 10.6. The van der Waals surface area contributed by atoms with E-state index in [4.69, 9.17) is 5.73 Å². The van der Waals surface area contributed by atoms with Gasteiger partial charge in [0.25, 0.3) is 0 Å². The van der Waals surface area contributed by atoms with Crippen LogP contribution in [0.4, 0.5) is 0 Å². The van der Waals surface area contributed by atoms with Gasteiger partial charge in [-0.25, -0.2) is 4.31 Å². The topological polar surface area (TPSA) is 58.1 Å². The van der Waals surface area contributed by atoms with Crippen LogP contribution >= 0.6 is 11.9 Å². The van der Waals surface area contributed by atoms with E-state index in [1.165, 1.54) is 30.5 Å². The maximum absolute atomic E-state index is 14.1. The highest BCUT2D eigenvalue weighted by atomic mass is 32.2. The SMILES string of the molecule is NC1CCC(NC(=O)C23CC4CC(c5ccccc5)(CC(C2)C42CN2SCc2ccccc2)C3)CC1. The van der Waals surface area contributed by atoms with Crippen LogP contribution < -0.4 is 11.1 Å². The monoisotopic (exact) mass is 501 g/mol. The smallest absolute Gasteiger partial charge is 0.226 e. The van der Waals surface area contributed by atoms with E-state index in [2.05, 4.69) is 70.3 Å². The third kappa shape index (κ3) is 3.68. The highest BCUT2D eigenvalue weighted by Crippen LogP contribution is 2.74. The summed E-state index contributed by atoms with van der Waals surface area (Å²) in [6.07, 6.45) is 9.79. The molecule has 2 aromatic rings. The second-order valence-corrected chi connectivity index (χ2v) is 13.7. The molecule has 5 saturated carbocycles. The largest absolute Gasteiger partial charge is 0.353 e. The Balaban J connectivity index is 1.15. The maximum atomic E-state index is 14.1. The Morgan fingerprint density at radius 3 is 2.22 bits per heavy atom. The maximum Gasteiger partial charge on any atom is 0.226 e. The molecule has 0 radical (unpaired) electrons. The van der Waals surface area contributed by atoms with Crippen molar-refractivity contribution < 1.29 is 4.79 Å². The number of hydrogen-bond donors (Lipinski definition) is 2. The molecule has 4 bridgehead atoms. The Labute approximate surface area is 219 Å². The number of nitrogens with two attached hydrogens (primary N) is 1. The molecule has 3 N–H and O–H groups in total. The van der Waals surface area contributed by atoms with E-state index in [1.54, 1.807) is 0 Å². The second kappa shape index (κ2) is 8.61. The fourth-order valence-corrected chi connectivity index (χ4v) is 10.3. The molecule has 1 heterocycles. The summed E-state index contributed by atoms with van der Waals surface area (Å²) in [4.78, 5) is 14.1. The predicted molar refractivity (Wildman–Crippen MR) is 146 cm³/mol. The molecule has 3 atom stereocenters. The van der Waals surface area contributed by atoms with Crippen LogP contribution in [-0.2, 0) is 16.0 Å². The van der Waals surface area contributed by atoms with Crippen LogP contribution in [0.25, 0.3) is 0 Å². The van der Waals surface area contributed by atoms with Crippen molar-refractivity contribution in [3.05, 3.63) is 71.8 Å². The summed E-state index contributed by atoms with van der Waals surface area (Å²) >= 11 is 2.03. The van der Waals surface area contributed by atoms with E-state index in [1.807, 2.05) is 11.9 Å². The second-order valence-electron chi connectivity index (χ2n) is 12.7. The minimum atomic E-state index is -0.204. The van der Waals surface area contributed by atoms with Crippen LogP contribution in [0.1, 0.15) is 68.9 Å². The lowest BCUT2D eigenvalue weighted by atomic mass is 9.39. The minimum absolute atomic E-state index is 0.156. The van der Waals surface area contributed by atoms with Crippen LogP contribution in [0.5, 0.6) is 0 Å². The molecule has 5 aliphatic carbocycles. The predicted octanol–water partition coefficient (Wildman–Crippen LogP) is 5.42. The number of benzene rings is 2. The summed E-state index contributed by atoms with van der Waals surface area (Å²) < 4.78 is 2.71. The number of nitrogens with one attached hydrogen (secondary N) is 1. The van der Waals surface area contributed by atoms with E-state index in [-0.39, 0.29) is 10.8 Å². The standard InChI is InChI=1S/C31H39N3OS/c32-26-11-13-27(14-12-26)33-28(35)30-17-24-15-29(20-30,23-9-5-2-6-10-23)16-25(18-30)31(24)21-34(31)36-19-22-7-3-1-4-8-22/h1-10,24-27H,11-21,32H2,(H,33,35). The average Bonchev–Trinajstić information content (AvgIpc) is 3.63.